The molecule has 5 heteroatoms. The van der Waals surface area contributed by atoms with Crippen molar-refractivity contribution in [3.8, 4) is 0 Å². The lowest BCUT2D eigenvalue weighted by Gasteiger charge is -2.12. The molecule has 0 aliphatic rings. The second-order valence-electron chi connectivity index (χ2n) is 5.00. The van der Waals surface area contributed by atoms with Gasteiger partial charge < -0.3 is 9.84 Å². The van der Waals surface area contributed by atoms with E-state index in [4.69, 9.17) is 9.84 Å². The van der Waals surface area contributed by atoms with E-state index in [2.05, 4.69) is 0 Å². The van der Waals surface area contributed by atoms with Crippen molar-refractivity contribution in [3.05, 3.63) is 29.8 Å². The molecule has 0 bridgehead atoms. The number of ether oxygens (including phenoxy) is 1. The van der Waals surface area contributed by atoms with Crippen LogP contribution >= 0.6 is 11.8 Å². The van der Waals surface area contributed by atoms with Crippen molar-refractivity contribution in [1.82, 2.24) is 0 Å². The van der Waals surface area contributed by atoms with Gasteiger partial charge in [-0.15, -0.1) is 11.8 Å². The molecule has 1 aromatic carbocycles. The number of carboxylic acid groups (broad SMARTS) is 1. The van der Waals surface area contributed by atoms with Gasteiger partial charge >= 0.3 is 11.9 Å². The van der Waals surface area contributed by atoms with E-state index in [1.54, 1.807) is 19.1 Å². The predicted octanol–water partition coefficient (Wildman–Crippen LogP) is 2.99. The predicted molar refractivity (Wildman–Crippen MR) is 78.9 cm³/mol. The molecular weight excluding hydrogens is 276 g/mol. The maximum Gasteiger partial charge on any atom is 0.319 e. The lowest BCUT2D eigenvalue weighted by molar-refractivity contribution is -0.143. The summed E-state index contributed by atoms with van der Waals surface area (Å²) in [6, 6.07) is 7.19. The van der Waals surface area contributed by atoms with E-state index in [0.29, 0.717) is 12.5 Å². The summed E-state index contributed by atoms with van der Waals surface area (Å²) in [5.74, 6) is -0.749. The van der Waals surface area contributed by atoms with Crippen molar-refractivity contribution in [1.29, 1.82) is 0 Å². The molecule has 0 saturated heterocycles. The van der Waals surface area contributed by atoms with Crippen LogP contribution in [0.15, 0.2) is 29.2 Å². The fourth-order valence-corrected chi connectivity index (χ4v) is 2.34. The molecule has 0 amide bonds. The van der Waals surface area contributed by atoms with Crippen molar-refractivity contribution in [3.63, 3.8) is 0 Å². The largest absolute Gasteiger partial charge is 0.481 e. The first-order chi connectivity index (χ1) is 9.38. The monoisotopic (exact) mass is 296 g/mol. The smallest absolute Gasteiger partial charge is 0.319 e. The van der Waals surface area contributed by atoms with Crippen molar-refractivity contribution in [2.45, 2.75) is 37.3 Å². The Morgan fingerprint density at radius 2 is 1.80 bits per heavy atom. The molecule has 1 N–H and O–H groups in total. The van der Waals surface area contributed by atoms with Gasteiger partial charge in [0, 0.05) is 4.90 Å². The summed E-state index contributed by atoms with van der Waals surface area (Å²) in [7, 11) is 0. The molecular formula is C15H20O4S. The van der Waals surface area contributed by atoms with Crippen LogP contribution in [0.2, 0.25) is 0 Å². The molecule has 110 valence electrons. The Bertz CT molecular complexity index is 453. The van der Waals surface area contributed by atoms with E-state index in [-0.39, 0.29) is 17.6 Å². The molecule has 4 nitrogen and oxygen atoms in total. The summed E-state index contributed by atoms with van der Waals surface area (Å²) in [6.07, 6.45) is 0.0108. The van der Waals surface area contributed by atoms with E-state index in [1.165, 1.54) is 11.8 Å². The lowest BCUT2D eigenvalue weighted by Crippen LogP contribution is -2.19. The third-order valence-electron chi connectivity index (χ3n) is 2.48. The molecule has 0 heterocycles. The number of rotatable bonds is 7. The highest BCUT2D eigenvalue weighted by molar-refractivity contribution is 8.00. The summed E-state index contributed by atoms with van der Waals surface area (Å²) in [4.78, 5) is 23.2. The van der Waals surface area contributed by atoms with E-state index in [9.17, 15) is 9.59 Å². The SMILES string of the molecule is CC(C)COC(=O)C(C)Sc1ccc(CC(=O)O)cc1. The zero-order valence-corrected chi connectivity index (χ0v) is 12.8. The van der Waals surface area contributed by atoms with E-state index >= 15 is 0 Å². The maximum absolute atomic E-state index is 11.7. The summed E-state index contributed by atoms with van der Waals surface area (Å²) in [6.45, 7) is 6.22. The number of carbonyl (C=O) groups excluding carboxylic acids is 1. The van der Waals surface area contributed by atoms with Gasteiger partial charge in [0.1, 0.15) is 5.25 Å². The molecule has 1 atom stereocenters. The summed E-state index contributed by atoms with van der Waals surface area (Å²) in [5.41, 5.74) is 0.747. The number of hydrogen-bond acceptors (Lipinski definition) is 4. The van der Waals surface area contributed by atoms with Crippen LogP contribution < -0.4 is 0 Å². The highest BCUT2D eigenvalue weighted by Crippen LogP contribution is 2.24. The minimum Gasteiger partial charge on any atom is -0.481 e. The summed E-state index contributed by atoms with van der Waals surface area (Å²) < 4.78 is 5.18. The summed E-state index contributed by atoms with van der Waals surface area (Å²) >= 11 is 1.41. The van der Waals surface area contributed by atoms with Crippen LogP contribution in [0, 0.1) is 5.92 Å². The van der Waals surface area contributed by atoms with Gasteiger partial charge in [0.25, 0.3) is 0 Å². The second kappa shape index (κ2) is 7.94. The van der Waals surface area contributed by atoms with Gasteiger partial charge in [0.2, 0.25) is 0 Å². The van der Waals surface area contributed by atoms with Crippen LogP contribution in [0.3, 0.4) is 0 Å². The van der Waals surface area contributed by atoms with Crippen LogP contribution in [0.1, 0.15) is 26.3 Å². The fourth-order valence-electron chi connectivity index (χ4n) is 1.48. The summed E-state index contributed by atoms with van der Waals surface area (Å²) in [5, 5.41) is 8.41. The average Bonchev–Trinajstić information content (AvgIpc) is 2.37. The molecule has 0 aliphatic heterocycles. The number of hydrogen-bond donors (Lipinski definition) is 1. The van der Waals surface area contributed by atoms with Gasteiger partial charge in [-0.1, -0.05) is 26.0 Å². The quantitative estimate of drug-likeness (QED) is 0.619. The molecule has 0 aromatic heterocycles. The van der Waals surface area contributed by atoms with Crippen LogP contribution in [-0.2, 0) is 20.7 Å². The number of carboxylic acids is 1. The Morgan fingerprint density at radius 3 is 2.30 bits per heavy atom. The molecule has 1 rings (SSSR count). The van der Waals surface area contributed by atoms with E-state index in [0.717, 1.165) is 10.5 Å². The Morgan fingerprint density at radius 1 is 1.20 bits per heavy atom. The molecule has 1 unspecified atom stereocenters. The normalized spacial score (nSPS) is 12.2. The topological polar surface area (TPSA) is 63.6 Å². The number of benzene rings is 1. The minimum atomic E-state index is -0.851. The van der Waals surface area contributed by atoms with E-state index in [1.807, 2.05) is 26.0 Å². The van der Waals surface area contributed by atoms with Gasteiger partial charge in [0.05, 0.1) is 13.0 Å². The van der Waals surface area contributed by atoms with Gasteiger partial charge in [-0.05, 0) is 30.5 Å². The molecule has 20 heavy (non-hydrogen) atoms. The highest BCUT2D eigenvalue weighted by atomic mass is 32.2. The standard InChI is InChI=1S/C15H20O4S/c1-10(2)9-19-15(18)11(3)20-13-6-4-12(5-7-13)8-14(16)17/h4-7,10-11H,8-9H2,1-3H3,(H,16,17). The third-order valence-corrected chi connectivity index (χ3v) is 3.57. The first kappa shape index (κ1) is 16.6. The molecule has 0 spiro atoms. The average molecular weight is 296 g/mol. The fraction of sp³-hybridized carbons (Fsp3) is 0.467. The van der Waals surface area contributed by atoms with Crippen molar-refractivity contribution in [2.75, 3.05) is 6.61 Å². The van der Waals surface area contributed by atoms with Gasteiger partial charge in [0.15, 0.2) is 0 Å². The van der Waals surface area contributed by atoms with Gasteiger partial charge in [-0.3, -0.25) is 9.59 Å². The Hall–Kier alpha value is -1.49. The Kier molecular flexibility index (Phi) is 6.58. The first-order valence-electron chi connectivity index (χ1n) is 6.52. The number of esters is 1. The van der Waals surface area contributed by atoms with Gasteiger partial charge in [-0.2, -0.15) is 0 Å². The highest BCUT2D eigenvalue weighted by Gasteiger charge is 2.16. The van der Waals surface area contributed by atoms with Crippen LogP contribution in [0.5, 0.6) is 0 Å². The van der Waals surface area contributed by atoms with Crippen molar-refractivity contribution >= 4 is 23.7 Å². The third kappa shape index (κ3) is 6.10. The Balaban J connectivity index is 2.51. The zero-order chi connectivity index (χ0) is 15.1. The first-order valence-corrected chi connectivity index (χ1v) is 7.40. The number of carbonyl (C=O) groups is 2. The Labute approximate surface area is 123 Å². The number of aliphatic carboxylic acids is 1. The van der Waals surface area contributed by atoms with Crippen molar-refractivity contribution in [2.24, 2.45) is 5.92 Å². The van der Waals surface area contributed by atoms with Crippen molar-refractivity contribution < 1.29 is 19.4 Å². The molecule has 0 aliphatic carbocycles. The van der Waals surface area contributed by atoms with Gasteiger partial charge in [-0.25, -0.2) is 0 Å². The zero-order valence-electron chi connectivity index (χ0n) is 12.0. The maximum atomic E-state index is 11.7. The molecule has 0 radical (unpaired) electrons. The van der Waals surface area contributed by atoms with E-state index < -0.39 is 5.97 Å². The minimum absolute atomic E-state index is 0.0108. The molecule has 0 fully saturated rings. The van der Waals surface area contributed by atoms with Crippen LogP contribution in [0.4, 0.5) is 0 Å². The van der Waals surface area contributed by atoms with Crippen LogP contribution in [-0.4, -0.2) is 28.9 Å². The molecule has 0 saturated carbocycles. The second-order valence-corrected chi connectivity index (χ2v) is 6.41. The molecule has 1 aromatic rings. The van der Waals surface area contributed by atoms with Crippen LogP contribution in [0.25, 0.3) is 0 Å². The number of thioether (sulfide) groups is 1. The lowest BCUT2D eigenvalue weighted by atomic mass is 10.2.